The van der Waals surface area contributed by atoms with Crippen LogP contribution in [-0.2, 0) is 5.41 Å². The monoisotopic (exact) mass is 312 g/mol. The van der Waals surface area contributed by atoms with Gasteiger partial charge in [0.2, 0.25) is 0 Å². The lowest BCUT2D eigenvalue weighted by Gasteiger charge is -2.23. The minimum atomic E-state index is -0.952. The number of rotatable bonds is 3. The molecule has 0 N–H and O–H groups in total. The van der Waals surface area contributed by atoms with Crippen LogP contribution in [0.2, 0.25) is 5.02 Å². The largest absolute Gasteiger partial charge is 0.204 e. The van der Waals surface area contributed by atoms with E-state index in [9.17, 15) is 8.78 Å². The molecule has 0 aliphatic heterocycles. The molecular formula is C16H12Cl2F2. The quantitative estimate of drug-likeness (QED) is 0.509. The normalized spacial score (nSPS) is 17.8. The maximum atomic E-state index is 13.4. The number of hydrogen-bond acceptors (Lipinski definition) is 0. The first kappa shape index (κ1) is 13.8. The van der Waals surface area contributed by atoms with Crippen molar-refractivity contribution in [3.63, 3.8) is 0 Å². The number of halogens is 4. The summed E-state index contributed by atoms with van der Waals surface area (Å²) < 4.78 is 26.6. The van der Waals surface area contributed by atoms with E-state index in [1.54, 1.807) is 0 Å². The maximum absolute atomic E-state index is 13.4. The van der Waals surface area contributed by atoms with Crippen LogP contribution in [0.25, 0.3) is 0 Å². The van der Waals surface area contributed by atoms with Crippen molar-refractivity contribution < 1.29 is 8.78 Å². The van der Waals surface area contributed by atoms with Crippen molar-refractivity contribution in [3.05, 3.63) is 70.2 Å². The zero-order valence-corrected chi connectivity index (χ0v) is 12.1. The highest BCUT2D eigenvalue weighted by molar-refractivity contribution is 6.33. The molecule has 1 fully saturated rings. The molecule has 0 amide bonds. The van der Waals surface area contributed by atoms with Gasteiger partial charge in [-0.1, -0.05) is 41.9 Å². The molecule has 1 aliphatic carbocycles. The van der Waals surface area contributed by atoms with Crippen LogP contribution in [0.4, 0.5) is 8.78 Å². The lowest BCUT2D eigenvalue weighted by atomic mass is 9.88. The SMILES string of the molecule is Fc1cc(Cl)c(C(Cl)C2(c3ccccc3)CC2)cc1F. The Balaban J connectivity index is 2.01. The smallest absolute Gasteiger partial charge is 0.160 e. The average Bonchev–Trinajstić information content (AvgIpc) is 3.25. The van der Waals surface area contributed by atoms with Gasteiger partial charge in [0, 0.05) is 10.4 Å². The summed E-state index contributed by atoms with van der Waals surface area (Å²) in [4.78, 5) is 0. The minimum Gasteiger partial charge on any atom is -0.204 e. The predicted molar refractivity (Wildman–Crippen MR) is 77.3 cm³/mol. The summed E-state index contributed by atoms with van der Waals surface area (Å²) in [6.07, 6.45) is 1.83. The summed E-state index contributed by atoms with van der Waals surface area (Å²) in [6.45, 7) is 0. The zero-order chi connectivity index (χ0) is 14.3. The van der Waals surface area contributed by atoms with Crippen molar-refractivity contribution in [2.24, 2.45) is 0 Å². The highest BCUT2D eigenvalue weighted by Gasteiger charge is 2.51. The van der Waals surface area contributed by atoms with Crippen LogP contribution >= 0.6 is 23.2 Å². The number of alkyl halides is 1. The summed E-state index contributed by atoms with van der Waals surface area (Å²) in [5.74, 6) is -1.87. The van der Waals surface area contributed by atoms with Gasteiger partial charge in [-0.2, -0.15) is 0 Å². The van der Waals surface area contributed by atoms with Crippen molar-refractivity contribution in [2.45, 2.75) is 23.6 Å². The van der Waals surface area contributed by atoms with E-state index in [0.717, 1.165) is 30.5 Å². The van der Waals surface area contributed by atoms with E-state index in [4.69, 9.17) is 23.2 Å². The summed E-state index contributed by atoms with van der Waals surface area (Å²) in [5, 5.41) is -0.293. The number of benzene rings is 2. The average molecular weight is 313 g/mol. The van der Waals surface area contributed by atoms with E-state index in [1.165, 1.54) is 0 Å². The van der Waals surface area contributed by atoms with E-state index in [-0.39, 0.29) is 10.4 Å². The highest BCUT2D eigenvalue weighted by atomic mass is 35.5. The predicted octanol–water partition coefficient (Wildman–Crippen LogP) is 5.63. The Morgan fingerprint density at radius 3 is 2.20 bits per heavy atom. The first-order chi connectivity index (χ1) is 9.54. The first-order valence-corrected chi connectivity index (χ1v) is 7.20. The zero-order valence-electron chi connectivity index (χ0n) is 10.5. The summed E-state index contributed by atoms with van der Waals surface area (Å²) >= 11 is 12.6. The van der Waals surface area contributed by atoms with Gasteiger partial charge in [-0.25, -0.2) is 8.78 Å². The van der Waals surface area contributed by atoms with Crippen LogP contribution in [0.1, 0.15) is 29.3 Å². The van der Waals surface area contributed by atoms with Crippen molar-refractivity contribution in [1.82, 2.24) is 0 Å². The molecule has 0 heterocycles. The molecule has 0 aromatic heterocycles. The van der Waals surface area contributed by atoms with Gasteiger partial charge in [0.25, 0.3) is 0 Å². The molecule has 1 saturated carbocycles. The van der Waals surface area contributed by atoms with E-state index in [0.29, 0.717) is 5.56 Å². The van der Waals surface area contributed by atoms with E-state index >= 15 is 0 Å². The topological polar surface area (TPSA) is 0 Å². The molecule has 2 aromatic rings. The molecule has 4 heteroatoms. The van der Waals surface area contributed by atoms with Gasteiger partial charge in [0.15, 0.2) is 11.6 Å². The van der Waals surface area contributed by atoms with Crippen molar-refractivity contribution in [1.29, 1.82) is 0 Å². The molecule has 1 atom stereocenters. The van der Waals surface area contributed by atoms with Crippen LogP contribution in [0, 0.1) is 11.6 Å². The van der Waals surface area contributed by atoms with Gasteiger partial charge in [0.05, 0.1) is 5.38 Å². The standard InChI is InChI=1S/C16H12Cl2F2/c17-12-9-14(20)13(19)8-11(12)15(18)16(6-7-16)10-4-2-1-3-5-10/h1-5,8-9,15H,6-7H2. The van der Waals surface area contributed by atoms with Gasteiger partial charge < -0.3 is 0 Å². The Kier molecular flexibility index (Phi) is 3.47. The Morgan fingerprint density at radius 2 is 1.60 bits per heavy atom. The summed E-state index contributed by atoms with van der Waals surface area (Å²) in [5.41, 5.74) is 1.34. The highest BCUT2D eigenvalue weighted by Crippen LogP contribution is 2.60. The second-order valence-electron chi connectivity index (χ2n) is 5.17. The third kappa shape index (κ3) is 2.21. The van der Waals surface area contributed by atoms with Gasteiger partial charge in [-0.05, 0) is 36.1 Å². The van der Waals surface area contributed by atoms with Gasteiger partial charge in [-0.3, -0.25) is 0 Å². The second-order valence-corrected chi connectivity index (χ2v) is 6.02. The van der Waals surface area contributed by atoms with E-state index in [1.807, 2.05) is 30.3 Å². The summed E-state index contributed by atoms with van der Waals surface area (Å²) in [6, 6.07) is 12.0. The van der Waals surface area contributed by atoms with Gasteiger partial charge in [-0.15, -0.1) is 11.6 Å². The molecule has 20 heavy (non-hydrogen) atoms. The van der Waals surface area contributed by atoms with E-state index < -0.39 is 17.0 Å². The van der Waals surface area contributed by atoms with Crippen LogP contribution in [0.5, 0.6) is 0 Å². The third-order valence-electron chi connectivity index (χ3n) is 3.94. The Bertz CT molecular complexity index is 636. The fourth-order valence-corrected chi connectivity index (χ4v) is 3.46. The molecule has 0 bridgehead atoms. The molecule has 0 nitrogen and oxygen atoms in total. The molecule has 0 spiro atoms. The fourth-order valence-electron chi connectivity index (χ4n) is 2.62. The summed E-state index contributed by atoms with van der Waals surface area (Å²) in [7, 11) is 0. The molecule has 104 valence electrons. The fraction of sp³-hybridized carbons (Fsp3) is 0.250. The molecule has 3 rings (SSSR count). The lowest BCUT2D eigenvalue weighted by molar-refractivity contribution is 0.505. The minimum absolute atomic E-state index is 0.172. The van der Waals surface area contributed by atoms with Crippen LogP contribution < -0.4 is 0 Å². The Hall–Kier alpha value is -1.12. The molecule has 2 aromatic carbocycles. The lowest BCUT2D eigenvalue weighted by Crippen LogP contribution is -2.15. The van der Waals surface area contributed by atoms with Gasteiger partial charge in [0.1, 0.15) is 0 Å². The van der Waals surface area contributed by atoms with Gasteiger partial charge >= 0.3 is 0 Å². The third-order valence-corrected chi connectivity index (χ3v) is 4.92. The van der Waals surface area contributed by atoms with E-state index in [2.05, 4.69) is 0 Å². The Morgan fingerprint density at radius 1 is 1.00 bits per heavy atom. The first-order valence-electron chi connectivity index (χ1n) is 6.39. The second kappa shape index (κ2) is 5.01. The maximum Gasteiger partial charge on any atom is 0.160 e. The molecule has 0 saturated heterocycles. The molecule has 1 aliphatic rings. The number of hydrogen-bond donors (Lipinski definition) is 0. The molecule has 1 unspecified atom stereocenters. The van der Waals surface area contributed by atoms with Crippen molar-refractivity contribution >= 4 is 23.2 Å². The van der Waals surface area contributed by atoms with Crippen LogP contribution in [0.15, 0.2) is 42.5 Å². The Labute approximate surface area is 126 Å². The van der Waals surface area contributed by atoms with Crippen LogP contribution in [-0.4, -0.2) is 0 Å². The van der Waals surface area contributed by atoms with Crippen molar-refractivity contribution in [3.8, 4) is 0 Å². The molecular weight excluding hydrogens is 301 g/mol. The van der Waals surface area contributed by atoms with Crippen molar-refractivity contribution in [2.75, 3.05) is 0 Å². The van der Waals surface area contributed by atoms with Crippen LogP contribution in [0.3, 0.4) is 0 Å². The molecule has 0 radical (unpaired) electrons.